The number of ether oxygens (including phenoxy) is 1. The van der Waals surface area contributed by atoms with Crippen molar-refractivity contribution in [2.75, 3.05) is 5.32 Å². The van der Waals surface area contributed by atoms with Crippen LogP contribution in [-0.4, -0.2) is 11.9 Å². The average molecular weight is 464 g/mol. The summed E-state index contributed by atoms with van der Waals surface area (Å²) in [5, 5.41) is 3.69. The molecular formula is C24H18BrNO4. The SMILES string of the molecule is Cc1ccc(NC(=O)c2ccc(OC(=O)c3cc4cc(Br)ccc4o3)cc2)c(C)c1. The fraction of sp³-hybridized carbons (Fsp3) is 0.0833. The minimum atomic E-state index is -0.602. The van der Waals surface area contributed by atoms with Crippen molar-refractivity contribution in [1.82, 2.24) is 0 Å². The van der Waals surface area contributed by atoms with E-state index in [1.165, 1.54) is 0 Å². The van der Waals surface area contributed by atoms with Crippen molar-refractivity contribution >= 4 is 44.5 Å². The summed E-state index contributed by atoms with van der Waals surface area (Å²) in [7, 11) is 0. The number of amides is 1. The number of anilines is 1. The lowest BCUT2D eigenvalue weighted by Gasteiger charge is -2.09. The molecule has 6 heteroatoms. The van der Waals surface area contributed by atoms with Crippen LogP contribution >= 0.6 is 15.9 Å². The van der Waals surface area contributed by atoms with Crippen LogP contribution in [0.25, 0.3) is 11.0 Å². The zero-order chi connectivity index (χ0) is 21.3. The molecule has 4 rings (SSSR count). The van der Waals surface area contributed by atoms with Gasteiger partial charge in [0.05, 0.1) is 0 Å². The topological polar surface area (TPSA) is 68.5 Å². The quantitative estimate of drug-likeness (QED) is 0.285. The molecule has 0 bridgehead atoms. The van der Waals surface area contributed by atoms with Crippen LogP contribution in [0.2, 0.25) is 0 Å². The molecule has 0 radical (unpaired) electrons. The number of hydrogen-bond donors (Lipinski definition) is 1. The van der Waals surface area contributed by atoms with Gasteiger partial charge in [-0.15, -0.1) is 0 Å². The van der Waals surface area contributed by atoms with Gasteiger partial charge in [-0.1, -0.05) is 33.6 Å². The van der Waals surface area contributed by atoms with E-state index in [-0.39, 0.29) is 11.7 Å². The van der Waals surface area contributed by atoms with Gasteiger partial charge in [-0.05, 0) is 74.0 Å². The lowest BCUT2D eigenvalue weighted by atomic mass is 10.1. The van der Waals surface area contributed by atoms with Crippen LogP contribution in [0, 0.1) is 13.8 Å². The first-order valence-corrected chi connectivity index (χ1v) is 10.1. The molecule has 5 nitrogen and oxygen atoms in total. The summed E-state index contributed by atoms with van der Waals surface area (Å²) in [5.74, 6) is -0.401. The number of nitrogens with one attached hydrogen (secondary N) is 1. The van der Waals surface area contributed by atoms with E-state index in [1.54, 1.807) is 36.4 Å². The Kier molecular flexibility index (Phi) is 5.42. The van der Waals surface area contributed by atoms with Gasteiger partial charge < -0.3 is 14.5 Å². The van der Waals surface area contributed by atoms with Crippen molar-refractivity contribution in [1.29, 1.82) is 0 Å². The van der Waals surface area contributed by atoms with E-state index >= 15 is 0 Å². The van der Waals surface area contributed by atoms with Crippen molar-refractivity contribution < 1.29 is 18.7 Å². The van der Waals surface area contributed by atoms with Gasteiger partial charge in [0, 0.05) is 21.1 Å². The van der Waals surface area contributed by atoms with E-state index in [9.17, 15) is 9.59 Å². The smallest absolute Gasteiger partial charge is 0.379 e. The summed E-state index contributed by atoms with van der Waals surface area (Å²) < 4.78 is 11.8. The highest BCUT2D eigenvalue weighted by Gasteiger charge is 2.16. The summed E-state index contributed by atoms with van der Waals surface area (Å²) >= 11 is 3.39. The molecular weight excluding hydrogens is 446 g/mol. The Morgan fingerprint density at radius 1 is 0.933 bits per heavy atom. The van der Waals surface area contributed by atoms with Crippen LogP contribution < -0.4 is 10.1 Å². The molecule has 1 heterocycles. The largest absolute Gasteiger partial charge is 0.449 e. The Morgan fingerprint density at radius 2 is 1.70 bits per heavy atom. The first-order valence-electron chi connectivity index (χ1n) is 9.29. The van der Waals surface area contributed by atoms with Crippen LogP contribution in [-0.2, 0) is 0 Å². The predicted octanol–water partition coefficient (Wildman–Crippen LogP) is 6.28. The Labute approximate surface area is 181 Å². The normalized spacial score (nSPS) is 10.8. The van der Waals surface area contributed by atoms with Crippen LogP contribution in [0.1, 0.15) is 32.0 Å². The van der Waals surface area contributed by atoms with E-state index < -0.39 is 5.97 Å². The van der Waals surface area contributed by atoms with Gasteiger partial charge in [-0.2, -0.15) is 0 Å². The highest BCUT2D eigenvalue weighted by atomic mass is 79.9. The van der Waals surface area contributed by atoms with Gasteiger partial charge in [0.15, 0.2) is 0 Å². The molecule has 30 heavy (non-hydrogen) atoms. The summed E-state index contributed by atoms with van der Waals surface area (Å²) in [4.78, 5) is 24.9. The Morgan fingerprint density at radius 3 is 2.43 bits per heavy atom. The predicted molar refractivity (Wildman–Crippen MR) is 119 cm³/mol. The third-order valence-electron chi connectivity index (χ3n) is 4.64. The summed E-state index contributed by atoms with van der Waals surface area (Å²) in [6.07, 6.45) is 0. The monoisotopic (exact) mass is 463 g/mol. The maximum atomic E-state index is 12.5. The van der Waals surface area contributed by atoms with Gasteiger partial charge in [0.1, 0.15) is 11.3 Å². The molecule has 0 saturated heterocycles. The summed E-state index contributed by atoms with van der Waals surface area (Å²) in [6.45, 7) is 3.95. The number of carbonyl (C=O) groups is 2. The molecule has 0 aliphatic heterocycles. The second kappa shape index (κ2) is 8.16. The van der Waals surface area contributed by atoms with Gasteiger partial charge >= 0.3 is 5.97 Å². The third-order valence-corrected chi connectivity index (χ3v) is 5.13. The number of furan rings is 1. The molecule has 0 aliphatic carbocycles. The van der Waals surface area contributed by atoms with Gasteiger partial charge in [0.25, 0.3) is 5.91 Å². The maximum Gasteiger partial charge on any atom is 0.379 e. The number of benzene rings is 3. The molecule has 1 aromatic heterocycles. The van der Waals surface area contributed by atoms with Crippen molar-refractivity contribution in [2.24, 2.45) is 0 Å². The van der Waals surface area contributed by atoms with Crippen molar-refractivity contribution in [3.8, 4) is 5.75 Å². The summed E-state index contributed by atoms with van der Waals surface area (Å²) in [6, 6.07) is 19.3. The average Bonchev–Trinajstić information content (AvgIpc) is 3.14. The highest BCUT2D eigenvalue weighted by Crippen LogP contribution is 2.25. The number of fused-ring (bicyclic) bond motifs is 1. The number of carbonyl (C=O) groups excluding carboxylic acids is 2. The van der Waals surface area contributed by atoms with Crippen LogP contribution in [0.3, 0.4) is 0 Å². The van der Waals surface area contributed by atoms with E-state index in [2.05, 4.69) is 21.2 Å². The molecule has 0 saturated carbocycles. The standard InChI is InChI=1S/C24H18BrNO4/c1-14-3-9-20(15(2)11-14)26-23(27)16-4-7-19(8-5-16)29-24(28)22-13-17-12-18(25)6-10-21(17)30-22/h3-13H,1-2H3,(H,26,27). The van der Waals surface area contributed by atoms with Gasteiger partial charge in [-0.3, -0.25) is 4.79 Å². The van der Waals surface area contributed by atoms with Gasteiger partial charge in [-0.25, -0.2) is 4.79 Å². The minimum absolute atomic E-state index is 0.111. The van der Waals surface area contributed by atoms with Crippen molar-refractivity contribution in [3.05, 3.63) is 93.7 Å². The molecule has 1 amide bonds. The molecule has 0 atom stereocenters. The second-order valence-corrected chi connectivity index (χ2v) is 7.89. The first kappa shape index (κ1) is 19.9. The van der Waals surface area contributed by atoms with E-state index in [0.29, 0.717) is 16.9 Å². The fourth-order valence-electron chi connectivity index (χ4n) is 3.09. The van der Waals surface area contributed by atoms with Crippen LogP contribution in [0.4, 0.5) is 5.69 Å². The molecule has 0 unspecified atom stereocenters. The molecule has 150 valence electrons. The molecule has 4 aromatic rings. The molecule has 1 N–H and O–H groups in total. The van der Waals surface area contributed by atoms with Gasteiger partial charge in [0.2, 0.25) is 5.76 Å². The van der Waals surface area contributed by atoms with E-state index in [4.69, 9.17) is 9.15 Å². The number of esters is 1. The third kappa shape index (κ3) is 4.28. The Balaban J connectivity index is 1.44. The lowest BCUT2D eigenvalue weighted by molar-refractivity contribution is 0.0704. The fourth-order valence-corrected chi connectivity index (χ4v) is 3.47. The van der Waals surface area contributed by atoms with Crippen molar-refractivity contribution in [3.63, 3.8) is 0 Å². The van der Waals surface area contributed by atoms with Crippen molar-refractivity contribution in [2.45, 2.75) is 13.8 Å². The highest BCUT2D eigenvalue weighted by molar-refractivity contribution is 9.10. The number of halogens is 1. The lowest BCUT2D eigenvalue weighted by Crippen LogP contribution is -2.13. The Bertz CT molecular complexity index is 1260. The molecule has 0 spiro atoms. The number of rotatable bonds is 4. The Hall–Kier alpha value is -3.38. The minimum Gasteiger partial charge on any atom is -0.449 e. The zero-order valence-corrected chi connectivity index (χ0v) is 17.9. The van der Waals surface area contributed by atoms with E-state index in [0.717, 1.165) is 26.7 Å². The number of aryl methyl sites for hydroxylation is 2. The number of hydrogen-bond acceptors (Lipinski definition) is 4. The maximum absolute atomic E-state index is 12.5. The van der Waals surface area contributed by atoms with E-state index in [1.807, 2.05) is 44.2 Å². The first-order chi connectivity index (χ1) is 14.4. The van der Waals surface area contributed by atoms with Crippen LogP contribution in [0.15, 0.2) is 75.6 Å². The van der Waals surface area contributed by atoms with Crippen LogP contribution in [0.5, 0.6) is 5.75 Å². The molecule has 0 fully saturated rings. The molecule has 0 aliphatic rings. The summed E-state index contributed by atoms with van der Waals surface area (Å²) in [5.41, 5.74) is 3.95. The molecule has 3 aromatic carbocycles. The zero-order valence-electron chi connectivity index (χ0n) is 16.4. The second-order valence-electron chi connectivity index (χ2n) is 6.98.